The van der Waals surface area contributed by atoms with Gasteiger partial charge in [-0.15, -0.1) is 0 Å². The van der Waals surface area contributed by atoms with Gasteiger partial charge in [0.05, 0.1) is 6.42 Å². The highest BCUT2D eigenvalue weighted by atomic mass is 16.5. The van der Waals surface area contributed by atoms with Crippen LogP contribution in [0.2, 0.25) is 0 Å². The Labute approximate surface area is 204 Å². The SMILES string of the molecule is CN1c2ccccc2C(C(=O)O)c2c(-c3ccc(CC(=O)OCc4ccccc4)cc3)cccc21. The second kappa shape index (κ2) is 9.47. The highest BCUT2D eigenvalue weighted by Gasteiger charge is 2.35. The summed E-state index contributed by atoms with van der Waals surface area (Å²) in [6.45, 7) is 0.249. The van der Waals surface area contributed by atoms with Crippen molar-refractivity contribution in [1.82, 2.24) is 0 Å². The Morgan fingerprint density at radius 3 is 2.23 bits per heavy atom. The number of carbonyl (C=O) groups is 2. The molecule has 1 atom stereocenters. The molecule has 174 valence electrons. The summed E-state index contributed by atoms with van der Waals surface area (Å²) < 4.78 is 5.40. The first kappa shape index (κ1) is 22.4. The lowest BCUT2D eigenvalue weighted by molar-refractivity contribution is -0.144. The number of rotatable bonds is 6. The van der Waals surface area contributed by atoms with Crippen molar-refractivity contribution >= 4 is 23.3 Å². The zero-order valence-electron chi connectivity index (χ0n) is 19.3. The number of ether oxygens (including phenoxy) is 1. The fraction of sp³-hybridized carbons (Fsp3) is 0.133. The van der Waals surface area contributed by atoms with Gasteiger partial charge in [0.1, 0.15) is 12.5 Å². The molecular weight excluding hydrogens is 438 g/mol. The number of para-hydroxylation sites is 1. The van der Waals surface area contributed by atoms with Crippen LogP contribution >= 0.6 is 0 Å². The van der Waals surface area contributed by atoms with Crippen molar-refractivity contribution in [2.75, 3.05) is 11.9 Å². The van der Waals surface area contributed by atoms with Crippen LogP contribution in [0.3, 0.4) is 0 Å². The van der Waals surface area contributed by atoms with E-state index in [-0.39, 0.29) is 19.0 Å². The largest absolute Gasteiger partial charge is 0.481 e. The quantitative estimate of drug-likeness (QED) is 0.359. The lowest BCUT2D eigenvalue weighted by atomic mass is 9.81. The number of nitrogens with zero attached hydrogens (tertiary/aromatic N) is 1. The highest BCUT2D eigenvalue weighted by molar-refractivity contribution is 5.94. The summed E-state index contributed by atoms with van der Waals surface area (Å²) in [5, 5.41) is 10.2. The van der Waals surface area contributed by atoms with Crippen molar-refractivity contribution in [2.45, 2.75) is 18.9 Å². The number of fused-ring (bicyclic) bond motifs is 2. The van der Waals surface area contributed by atoms with Gasteiger partial charge in [-0.1, -0.05) is 84.9 Å². The topological polar surface area (TPSA) is 66.8 Å². The number of carbonyl (C=O) groups excluding carboxylic acids is 1. The minimum Gasteiger partial charge on any atom is -0.481 e. The molecule has 5 nitrogen and oxygen atoms in total. The van der Waals surface area contributed by atoms with Gasteiger partial charge in [0.15, 0.2) is 0 Å². The molecule has 1 unspecified atom stereocenters. The lowest BCUT2D eigenvalue weighted by Crippen LogP contribution is -2.26. The second-order valence-corrected chi connectivity index (χ2v) is 8.65. The Bertz CT molecular complexity index is 1380. The van der Waals surface area contributed by atoms with E-state index < -0.39 is 11.9 Å². The van der Waals surface area contributed by atoms with Crippen LogP contribution in [0.25, 0.3) is 11.1 Å². The molecule has 0 bridgehead atoms. The number of anilines is 2. The van der Waals surface area contributed by atoms with E-state index in [1.54, 1.807) is 0 Å². The maximum Gasteiger partial charge on any atom is 0.315 e. The van der Waals surface area contributed by atoms with Gasteiger partial charge in [-0.2, -0.15) is 0 Å². The predicted octanol–water partition coefficient (Wildman–Crippen LogP) is 5.94. The summed E-state index contributed by atoms with van der Waals surface area (Å²) in [5.74, 6) is -1.93. The molecule has 4 aromatic rings. The minimum atomic E-state index is -0.878. The van der Waals surface area contributed by atoms with Crippen LogP contribution in [0.15, 0.2) is 97.1 Å². The Balaban J connectivity index is 1.41. The third kappa shape index (κ3) is 4.41. The summed E-state index contributed by atoms with van der Waals surface area (Å²) in [6, 6.07) is 30.8. The number of carboxylic acids is 1. The molecule has 0 aliphatic carbocycles. The van der Waals surface area contributed by atoms with Gasteiger partial charge >= 0.3 is 11.9 Å². The van der Waals surface area contributed by atoms with Crippen molar-refractivity contribution in [3.63, 3.8) is 0 Å². The molecule has 0 saturated carbocycles. The van der Waals surface area contributed by atoms with E-state index in [1.807, 2.05) is 109 Å². The van der Waals surface area contributed by atoms with E-state index in [0.717, 1.165) is 44.8 Å². The summed E-state index contributed by atoms with van der Waals surface area (Å²) in [6.07, 6.45) is 0.174. The summed E-state index contributed by atoms with van der Waals surface area (Å²) in [7, 11) is 1.96. The van der Waals surface area contributed by atoms with Crippen LogP contribution in [0.1, 0.15) is 28.2 Å². The van der Waals surface area contributed by atoms with Crippen LogP contribution in [-0.4, -0.2) is 24.1 Å². The van der Waals surface area contributed by atoms with Crippen LogP contribution < -0.4 is 4.90 Å². The van der Waals surface area contributed by atoms with E-state index in [4.69, 9.17) is 4.74 Å². The number of hydrogen-bond donors (Lipinski definition) is 1. The Kier molecular flexibility index (Phi) is 6.06. The number of carboxylic acid groups (broad SMARTS) is 1. The van der Waals surface area contributed by atoms with Crippen LogP contribution in [0.5, 0.6) is 0 Å². The molecular formula is C30H25NO4. The first-order valence-corrected chi connectivity index (χ1v) is 11.5. The number of esters is 1. The van der Waals surface area contributed by atoms with E-state index in [2.05, 4.69) is 0 Å². The molecule has 0 saturated heterocycles. The molecule has 0 spiro atoms. The first-order valence-electron chi connectivity index (χ1n) is 11.5. The van der Waals surface area contributed by atoms with Gasteiger partial charge in [0.2, 0.25) is 0 Å². The maximum absolute atomic E-state index is 12.4. The average Bonchev–Trinajstić information content (AvgIpc) is 2.88. The molecule has 1 N–H and O–H groups in total. The smallest absolute Gasteiger partial charge is 0.315 e. The van der Waals surface area contributed by atoms with E-state index in [0.29, 0.717) is 0 Å². The van der Waals surface area contributed by atoms with Crippen LogP contribution in [0.4, 0.5) is 11.4 Å². The van der Waals surface area contributed by atoms with Crippen molar-refractivity contribution in [2.24, 2.45) is 0 Å². The predicted molar refractivity (Wildman–Crippen MR) is 136 cm³/mol. The van der Waals surface area contributed by atoms with Crippen molar-refractivity contribution in [3.05, 3.63) is 119 Å². The van der Waals surface area contributed by atoms with Crippen LogP contribution in [0, 0.1) is 0 Å². The standard InChI is InChI=1S/C30H25NO4/c1-31-25-12-6-5-10-24(25)29(30(33)34)28-23(11-7-13-26(28)31)22-16-14-20(15-17-22)18-27(32)35-19-21-8-3-2-4-9-21/h2-17,29H,18-19H2,1H3,(H,33,34). The summed E-state index contributed by atoms with van der Waals surface area (Å²) in [5.41, 5.74) is 6.89. The third-order valence-corrected chi connectivity index (χ3v) is 6.45. The fourth-order valence-electron chi connectivity index (χ4n) is 4.74. The minimum absolute atomic E-state index is 0.174. The molecule has 0 fully saturated rings. The van der Waals surface area contributed by atoms with E-state index in [9.17, 15) is 14.7 Å². The van der Waals surface area contributed by atoms with E-state index >= 15 is 0 Å². The van der Waals surface area contributed by atoms with Gasteiger partial charge in [-0.05, 0) is 39.9 Å². The number of hydrogen-bond acceptors (Lipinski definition) is 4. The van der Waals surface area contributed by atoms with Crippen molar-refractivity contribution in [1.29, 1.82) is 0 Å². The zero-order chi connectivity index (χ0) is 24.4. The highest BCUT2D eigenvalue weighted by Crippen LogP contribution is 2.48. The first-order chi connectivity index (χ1) is 17.0. The third-order valence-electron chi connectivity index (χ3n) is 6.45. The van der Waals surface area contributed by atoms with Gasteiger partial charge in [0, 0.05) is 24.0 Å². The number of aliphatic carboxylic acids is 1. The van der Waals surface area contributed by atoms with Gasteiger partial charge in [-0.3, -0.25) is 9.59 Å². The molecule has 1 aliphatic rings. The lowest BCUT2D eigenvalue weighted by Gasteiger charge is -2.35. The molecule has 0 amide bonds. The Morgan fingerprint density at radius 1 is 0.800 bits per heavy atom. The number of benzene rings is 4. The van der Waals surface area contributed by atoms with Gasteiger partial charge in [0.25, 0.3) is 0 Å². The monoisotopic (exact) mass is 463 g/mol. The Hall–Kier alpha value is -4.38. The summed E-state index contributed by atoms with van der Waals surface area (Å²) in [4.78, 5) is 26.8. The van der Waals surface area contributed by atoms with Gasteiger partial charge < -0.3 is 14.7 Å². The second-order valence-electron chi connectivity index (χ2n) is 8.65. The van der Waals surface area contributed by atoms with Gasteiger partial charge in [-0.25, -0.2) is 0 Å². The molecule has 5 heteroatoms. The Morgan fingerprint density at radius 2 is 1.49 bits per heavy atom. The summed E-state index contributed by atoms with van der Waals surface area (Å²) >= 11 is 0. The molecule has 35 heavy (non-hydrogen) atoms. The molecule has 0 radical (unpaired) electrons. The normalized spacial score (nSPS) is 14.1. The maximum atomic E-state index is 12.4. The molecule has 1 aliphatic heterocycles. The van der Waals surface area contributed by atoms with E-state index in [1.165, 1.54) is 0 Å². The fourth-order valence-corrected chi connectivity index (χ4v) is 4.74. The average molecular weight is 464 g/mol. The zero-order valence-corrected chi connectivity index (χ0v) is 19.3. The molecule has 0 aromatic heterocycles. The van der Waals surface area contributed by atoms with Crippen molar-refractivity contribution < 1.29 is 19.4 Å². The van der Waals surface area contributed by atoms with Crippen molar-refractivity contribution in [3.8, 4) is 11.1 Å². The molecule has 1 heterocycles. The molecule has 4 aromatic carbocycles. The van der Waals surface area contributed by atoms with Crippen LogP contribution in [-0.2, 0) is 27.4 Å². The molecule has 5 rings (SSSR count).